The van der Waals surface area contributed by atoms with E-state index in [0.717, 1.165) is 17.1 Å². The van der Waals surface area contributed by atoms with Crippen molar-refractivity contribution in [3.05, 3.63) is 84.2 Å². The fourth-order valence-electron chi connectivity index (χ4n) is 2.37. The van der Waals surface area contributed by atoms with Crippen LogP contribution in [0.25, 0.3) is 0 Å². The standard InChI is InChI=1S/C20H16N4O/c1-24(18-8-3-2-4-9-18)20(25)19-11-10-17(14-22-19)23-16-7-5-6-15(12-16)13-21/h2-12,14,23H,1H3. The minimum Gasteiger partial charge on any atom is -0.354 e. The quantitative estimate of drug-likeness (QED) is 0.786. The Morgan fingerprint density at radius 2 is 1.84 bits per heavy atom. The summed E-state index contributed by atoms with van der Waals surface area (Å²) >= 11 is 0. The predicted octanol–water partition coefficient (Wildman–Crippen LogP) is 3.97. The highest BCUT2D eigenvalue weighted by Gasteiger charge is 2.14. The summed E-state index contributed by atoms with van der Waals surface area (Å²) in [6, 6.07) is 22.1. The van der Waals surface area contributed by atoms with E-state index in [9.17, 15) is 4.79 Å². The molecule has 1 heterocycles. The molecule has 122 valence electrons. The van der Waals surface area contributed by atoms with Crippen LogP contribution in [0.15, 0.2) is 72.9 Å². The van der Waals surface area contributed by atoms with Gasteiger partial charge in [-0.1, -0.05) is 24.3 Å². The molecule has 2 aromatic carbocycles. The van der Waals surface area contributed by atoms with Crippen molar-refractivity contribution >= 4 is 23.0 Å². The van der Waals surface area contributed by atoms with Crippen LogP contribution >= 0.6 is 0 Å². The van der Waals surface area contributed by atoms with Gasteiger partial charge in [0.1, 0.15) is 5.69 Å². The number of amides is 1. The molecule has 25 heavy (non-hydrogen) atoms. The highest BCUT2D eigenvalue weighted by atomic mass is 16.2. The number of nitrogens with zero attached hydrogens (tertiary/aromatic N) is 3. The molecule has 0 saturated carbocycles. The highest BCUT2D eigenvalue weighted by Crippen LogP contribution is 2.18. The maximum Gasteiger partial charge on any atom is 0.276 e. The first-order chi connectivity index (χ1) is 12.2. The third kappa shape index (κ3) is 3.82. The van der Waals surface area contributed by atoms with Crippen LogP contribution in [0.2, 0.25) is 0 Å². The normalized spacial score (nSPS) is 9.92. The van der Waals surface area contributed by atoms with Gasteiger partial charge in [-0.05, 0) is 42.5 Å². The molecule has 0 bridgehead atoms. The van der Waals surface area contributed by atoms with Crippen LogP contribution < -0.4 is 10.2 Å². The van der Waals surface area contributed by atoms with Crippen LogP contribution in [-0.4, -0.2) is 17.9 Å². The Morgan fingerprint density at radius 1 is 1.04 bits per heavy atom. The van der Waals surface area contributed by atoms with E-state index < -0.39 is 0 Å². The average Bonchev–Trinajstić information content (AvgIpc) is 2.68. The van der Waals surface area contributed by atoms with E-state index in [2.05, 4.69) is 16.4 Å². The first-order valence-corrected chi connectivity index (χ1v) is 7.74. The second kappa shape index (κ2) is 7.28. The van der Waals surface area contributed by atoms with Crippen molar-refractivity contribution in [2.75, 3.05) is 17.3 Å². The number of anilines is 3. The van der Waals surface area contributed by atoms with Crippen LogP contribution in [0.1, 0.15) is 16.1 Å². The predicted molar refractivity (Wildman–Crippen MR) is 97.9 cm³/mol. The maximum absolute atomic E-state index is 12.5. The molecular formula is C20H16N4O. The van der Waals surface area contributed by atoms with Gasteiger partial charge >= 0.3 is 0 Å². The first kappa shape index (κ1) is 16.2. The molecule has 1 aromatic heterocycles. The van der Waals surface area contributed by atoms with Crippen molar-refractivity contribution in [3.8, 4) is 6.07 Å². The van der Waals surface area contributed by atoms with Crippen molar-refractivity contribution in [2.45, 2.75) is 0 Å². The smallest absolute Gasteiger partial charge is 0.276 e. The Kier molecular flexibility index (Phi) is 4.72. The van der Waals surface area contributed by atoms with Gasteiger partial charge in [0, 0.05) is 18.4 Å². The van der Waals surface area contributed by atoms with Crippen LogP contribution in [0.4, 0.5) is 17.1 Å². The fraction of sp³-hybridized carbons (Fsp3) is 0.0500. The molecule has 0 unspecified atom stereocenters. The second-order valence-corrected chi connectivity index (χ2v) is 5.45. The van der Waals surface area contributed by atoms with E-state index in [1.807, 2.05) is 36.4 Å². The molecular weight excluding hydrogens is 312 g/mol. The molecule has 0 saturated heterocycles. The zero-order chi connectivity index (χ0) is 17.6. The lowest BCUT2D eigenvalue weighted by Crippen LogP contribution is -2.26. The Balaban J connectivity index is 1.73. The number of carbonyl (C=O) groups excluding carboxylic acids is 1. The number of benzene rings is 2. The molecule has 0 atom stereocenters. The zero-order valence-electron chi connectivity index (χ0n) is 13.7. The Labute approximate surface area is 146 Å². The van der Waals surface area contributed by atoms with E-state index in [-0.39, 0.29) is 5.91 Å². The van der Waals surface area contributed by atoms with E-state index in [4.69, 9.17) is 5.26 Å². The average molecular weight is 328 g/mol. The highest BCUT2D eigenvalue weighted by molar-refractivity contribution is 6.04. The van der Waals surface area contributed by atoms with E-state index in [1.54, 1.807) is 48.5 Å². The maximum atomic E-state index is 12.5. The van der Waals surface area contributed by atoms with Gasteiger partial charge in [0.15, 0.2) is 0 Å². The summed E-state index contributed by atoms with van der Waals surface area (Å²) in [7, 11) is 1.72. The SMILES string of the molecule is CN(C(=O)c1ccc(Nc2cccc(C#N)c2)cn1)c1ccccc1. The van der Waals surface area contributed by atoms with Gasteiger partial charge in [-0.3, -0.25) is 4.79 Å². The summed E-state index contributed by atoms with van der Waals surface area (Å²) in [4.78, 5) is 18.3. The number of pyridine rings is 1. The molecule has 3 rings (SSSR count). The molecule has 0 fully saturated rings. The third-order valence-corrected chi connectivity index (χ3v) is 3.71. The molecule has 5 nitrogen and oxygen atoms in total. The van der Waals surface area contributed by atoms with Gasteiger partial charge in [-0.15, -0.1) is 0 Å². The molecule has 0 aliphatic rings. The van der Waals surface area contributed by atoms with Gasteiger partial charge in [0.25, 0.3) is 5.91 Å². The summed E-state index contributed by atoms with van der Waals surface area (Å²) in [5, 5.41) is 12.1. The first-order valence-electron chi connectivity index (χ1n) is 7.74. The molecule has 0 spiro atoms. The topological polar surface area (TPSA) is 69.0 Å². The number of hydrogen-bond acceptors (Lipinski definition) is 4. The van der Waals surface area contributed by atoms with E-state index in [1.165, 1.54) is 0 Å². The minimum absolute atomic E-state index is 0.177. The molecule has 0 aliphatic carbocycles. The van der Waals surface area contributed by atoms with E-state index in [0.29, 0.717) is 11.3 Å². The Hall–Kier alpha value is -3.65. The molecule has 3 aromatic rings. The minimum atomic E-state index is -0.177. The summed E-state index contributed by atoms with van der Waals surface area (Å²) in [6.07, 6.45) is 1.60. The van der Waals surface area contributed by atoms with Crippen molar-refractivity contribution in [3.63, 3.8) is 0 Å². The number of rotatable bonds is 4. The number of nitriles is 1. The second-order valence-electron chi connectivity index (χ2n) is 5.45. The third-order valence-electron chi connectivity index (χ3n) is 3.71. The lowest BCUT2D eigenvalue weighted by atomic mass is 10.2. The number of para-hydroxylation sites is 1. The van der Waals surface area contributed by atoms with Gasteiger partial charge in [0.2, 0.25) is 0 Å². The van der Waals surface area contributed by atoms with Crippen molar-refractivity contribution < 1.29 is 4.79 Å². The van der Waals surface area contributed by atoms with Gasteiger partial charge in [0.05, 0.1) is 23.5 Å². The van der Waals surface area contributed by atoms with Crippen molar-refractivity contribution in [1.82, 2.24) is 4.98 Å². The fourth-order valence-corrected chi connectivity index (χ4v) is 2.37. The monoisotopic (exact) mass is 328 g/mol. The van der Waals surface area contributed by atoms with Crippen molar-refractivity contribution in [2.24, 2.45) is 0 Å². The summed E-state index contributed by atoms with van der Waals surface area (Å²) in [5.41, 5.74) is 3.29. The number of hydrogen-bond donors (Lipinski definition) is 1. The van der Waals surface area contributed by atoms with Gasteiger partial charge in [-0.2, -0.15) is 5.26 Å². The lowest BCUT2D eigenvalue weighted by Gasteiger charge is -2.16. The Bertz CT molecular complexity index is 914. The van der Waals surface area contributed by atoms with Crippen LogP contribution in [0, 0.1) is 11.3 Å². The summed E-state index contributed by atoms with van der Waals surface area (Å²) in [5.74, 6) is -0.177. The summed E-state index contributed by atoms with van der Waals surface area (Å²) < 4.78 is 0. The van der Waals surface area contributed by atoms with Crippen LogP contribution in [0.3, 0.4) is 0 Å². The van der Waals surface area contributed by atoms with Crippen LogP contribution in [-0.2, 0) is 0 Å². The number of carbonyl (C=O) groups is 1. The molecule has 1 N–H and O–H groups in total. The molecule has 1 amide bonds. The van der Waals surface area contributed by atoms with Crippen molar-refractivity contribution in [1.29, 1.82) is 5.26 Å². The molecule has 0 aliphatic heterocycles. The lowest BCUT2D eigenvalue weighted by molar-refractivity contribution is 0.0988. The Morgan fingerprint density at radius 3 is 2.52 bits per heavy atom. The largest absolute Gasteiger partial charge is 0.354 e. The number of aromatic nitrogens is 1. The molecule has 5 heteroatoms. The zero-order valence-corrected chi connectivity index (χ0v) is 13.7. The van der Waals surface area contributed by atoms with E-state index >= 15 is 0 Å². The van der Waals surface area contributed by atoms with Gasteiger partial charge < -0.3 is 10.2 Å². The van der Waals surface area contributed by atoms with Gasteiger partial charge in [-0.25, -0.2) is 4.98 Å². The molecule has 0 radical (unpaired) electrons. The summed E-state index contributed by atoms with van der Waals surface area (Å²) in [6.45, 7) is 0. The number of nitrogens with one attached hydrogen (secondary N) is 1. The van der Waals surface area contributed by atoms with Crippen LogP contribution in [0.5, 0.6) is 0 Å².